The third kappa shape index (κ3) is 4.14. The van der Waals surface area contributed by atoms with Crippen LogP contribution in [0.4, 0.5) is 0 Å². The van der Waals surface area contributed by atoms with Crippen molar-refractivity contribution in [3.05, 3.63) is 35.9 Å². The molecule has 1 aromatic carbocycles. The molecule has 0 aromatic heterocycles. The Hall–Kier alpha value is -1.19. The number of carbonyl (C=O) groups is 1. The van der Waals surface area contributed by atoms with Crippen LogP contribution in [0.2, 0.25) is 0 Å². The molecule has 1 heterocycles. The van der Waals surface area contributed by atoms with E-state index >= 15 is 0 Å². The van der Waals surface area contributed by atoms with E-state index in [1.807, 2.05) is 30.3 Å². The predicted octanol–water partition coefficient (Wildman–Crippen LogP) is 2.92. The third-order valence-corrected chi connectivity index (χ3v) is 4.48. The highest BCUT2D eigenvalue weighted by atomic mass is 16.1. The molecule has 1 atom stereocenters. The van der Waals surface area contributed by atoms with Gasteiger partial charge < -0.3 is 9.80 Å². The first-order valence-electron chi connectivity index (χ1n) is 7.89. The summed E-state index contributed by atoms with van der Waals surface area (Å²) in [6.45, 7) is 7.16. The second-order valence-corrected chi connectivity index (χ2v) is 7.07. The first-order chi connectivity index (χ1) is 9.90. The van der Waals surface area contributed by atoms with Crippen LogP contribution in [0.25, 0.3) is 0 Å². The van der Waals surface area contributed by atoms with Crippen molar-refractivity contribution in [2.75, 3.05) is 33.7 Å². The van der Waals surface area contributed by atoms with Gasteiger partial charge in [-0.05, 0) is 33.5 Å². The fourth-order valence-corrected chi connectivity index (χ4v) is 3.21. The highest BCUT2D eigenvalue weighted by Crippen LogP contribution is 2.25. The molecule has 0 N–H and O–H groups in total. The van der Waals surface area contributed by atoms with Crippen molar-refractivity contribution in [1.29, 1.82) is 0 Å². The summed E-state index contributed by atoms with van der Waals surface area (Å²) in [5, 5.41) is 0. The summed E-state index contributed by atoms with van der Waals surface area (Å²) in [5.41, 5.74) is 0.485. The lowest BCUT2D eigenvalue weighted by molar-refractivity contribution is 0.0667. The van der Waals surface area contributed by atoms with Crippen molar-refractivity contribution in [1.82, 2.24) is 9.80 Å². The molecule has 1 saturated heterocycles. The molecule has 1 aliphatic heterocycles. The van der Waals surface area contributed by atoms with E-state index in [2.05, 4.69) is 37.7 Å². The zero-order chi connectivity index (χ0) is 15.5. The van der Waals surface area contributed by atoms with Crippen molar-refractivity contribution in [3.8, 4) is 0 Å². The molecular formula is C18H28N2O. The van der Waals surface area contributed by atoms with Gasteiger partial charge in [0.25, 0.3) is 0 Å². The van der Waals surface area contributed by atoms with E-state index in [9.17, 15) is 4.79 Å². The standard InChI is InChI=1S/C18H28N2O/c1-18(2,17(21)15-9-6-5-7-10-15)14-20-12-8-11-16(13-20)19(3)4/h5-7,9-10,16H,8,11-14H2,1-4H3. The first-order valence-corrected chi connectivity index (χ1v) is 7.89. The van der Waals surface area contributed by atoms with Gasteiger partial charge in [0.15, 0.2) is 5.78 Å². The monoisotopic (exact) mass is 288 g/mol. The van der Waals surface area contributed by atoms with Gasteiger partial charge in [0, 0.05) is 30.1 Å². The smallest absolute Gasteiger partial charge is 0.169 e. The Morgan fingerprint density at radius 3 is 2.57 bits per heavy atom. The average Bonchev–Trinajstić information content (AvgIpc) is 2.47. The highest BCUT2D eigenvalue weighted by Gasteiger charge is 2.32. The summed E-state index contributed by atoms with van der Waals surface area (Å²) in [6.07, 6.45) is 2.48. The summed E-state index contributed by atoms with van der Waals surface area (Å²) in [4.78, 5) is 17.5. The predicted molar refractivity (Wildman–Crippen MR) is 87.7 cm³/mol. The molecule has 116 valence electrons. The number of carbonyl (C=O) groups excluding carboxylic acids is 1. The number of Topliss-reactive ketones (excluding diaryl/α,β-unsaturated/α-hetero) is 1. The van der Waals surface area contributed by atoms with Gasteiger partial charge in [0.05, 0.1) is 0 Å². The lowest BCUT2D eigenvalue weighted by atomic mass is 9.83. The van der Waals surface area contributed by atoms with E-state index in [0.717, 1.165) is 25.2 Å². The van der Waals surface area contributed by atoms with Crippen molar-refractivity contribution >= 4 is 5.78 Å². The van der Waals surface area contributed by atoms with E-state index in [1.165, 1.54) is 12.8 Å². The summed E-state index contributed by atoms with van der Waals surface area (Å²) >= 11 is 0. The molecule has 0 bridgehead atoms. The number of piperidine rings is 1. The number of likely N-dealkylation sites (tertiary alicyclic amines) is 1. The van der Waals surface area contributed by atoms with Gasteiger partial charge in [0.2, 0.25) is 0 Å². The molecule has 0 saturated carbocycles. The number of hydrogen-bond acceptors (Lipinski definition) is 3. The Balaban J connectivity index is 2.02. The van der Waals surface area contributed by atoms with Crippen LogP contribution in [0.1, 0.15) is 37.0 Å². The summed E-state index contributed by atoms with van der Waals surface area (Å²) in [6, 6.07) is 10.3. The van der Waals surface area contributed by atoms with Gasteiger partial charge >= 0.3 is 0 Å². The number of ketones is 1. The van der Waals surface area contributed by atoms with E-state index in [0.29, 0.717) is 6.04 Å². The van der Waals surface area contributed by atoms with Gasteiger partial charge in [-0.15, -0.1) is 0 Å². The molecule has 1 fully saturated rings. The van der Waals surface area contributed by atoms with Crippen LogP contribution < -0.4 is 0 Å². The van der Waals surface area contributed by atoms with Crippen LogP contribution in [0.3, 0.4) is 0 Å². The molecule has 1 aromatic rings. The maximum atomic E-state index is 12.7. The molecule has 0 spiro atoms. The molecule has 1 unspecified atom stereocenters. The molecule has 1 aliphatic rings. The molecule has 21 heavy (non-hydrogen) atoms. The van der Waals surface area contributed by atoms with Crippen LogP contribution in [0.15, 0.2) is 30.3 Å². The Labute approximate surface area is 128 Å². The van der Waals surface area contributed by atoms with Crippen LogP contribution >= 0.6 is 0 Å². The summed E-state index contributed by atoms with van der Waals surface area (Å²) in [5.74, 6) is 0.245. The summed E-state index contributed by atoms with van der Waals surface area (Å²) < 4.78 is 0. The molecular weight excluding hydrogens is 260 g/mol. The van der Waals surface area contributed by atoms with Gasteiger partial charge in [-0.25, -0.2) is 0 Å². The number of likely N-dealkylation sites (N-methyl/N-ethyl adjacent to an activating group) is 1. The molecule has 0 amide bonds. The minimum absolute atomic E-state index is 0.245. The van der Waals surface area contributed by atoms with E-state index in [-0.39, 0.29) is 11.2 Å². The van der Waals surface area contributed by atoms with Crippen LogP contribution in [0.5, 0.6) is 0 Å². The second-order valence-electron chi connectivity index (χ2n) is 7.07. The number of rotatable bonds is 5. The lowest BCUT2D eigenvalue weighted by Crippen LogP contribution is -2.49. The summed E-state index contributed by atoms with van der Waals surface area (Å²) in [7, 11) is 4.29. The number of hydrogen-bond donors (Lipinski definition) is 0. The minimum Gasteiger partial charge on any atom is -0.305 e. The van der Waals surface area contributed by atoms with Crippen molar-refractivity contribution in [3.63, 3.8) is 0 Å². The quantitative estimate of drug-likeness (QED) is 0.778. The molecule has 2 rings (SSSR count). The van der Waals surface area contributed by atoms with Crippen LogP contribution in [-0.4, -0.2) is 55.4 Å². The Morgan fingerprint density at radius 1 is 1.29 bits per heavy atom. The fourth-order valence-electron chi connectivity index (χ4n) is 3.21. The minimum atomic E-state index is -0.338. The van der Waals surface area contributed by atoms with Gasteiger partial charge in [-0.1, -0.05) is 44.2 Å². The van der Waals surface area contributed by atoms with Crippen molar-refractivity contribution in [2.24, 2.45) is 5.41 Å². The van der Waals surface area contributed by atoms with Gasteiger partial charge in [0.1, 0.15) is 0 Å². The normalized spacial score (nSPS) is 20.7. The third-order valence-electron chi connectivity index (χ3n) is 4.48. The van der Waals surface area contributed by atoms with E-state index in [4.69, 9.17) is 0 Å². The maximum Gasteiger partial charge on any atom is 0.169 e. The Bertz CT molecular complexity index is 467. The zero-order valence-corrected chi connectivity index (χ0v) is 13.8. The van der Waals surface area contributed by atoms with Gasteiger partial charge in [-0.3, -0.25) is 4.79 Å². The molecule has 3 heteroatoms. The van der Waals surface area contributed by atoms with Gasteiger partial charge in [-0.2, -0.15) is 0 Å². The van der Waals surface area contributed by atoms with E-state index in [1.54, 1.807) is 0 Å². The number of nitrogens with zero attached hydrogens (tertiary/aromatic N) is 2. The van der Waals surface area contributed by atoms with Crippen LogP contribution in [-0.2, 0) is 0 Å². The van der Waals surface area contributed by atoms with Crippen molar-refractivity contribution < 1.29 is 4.79 Å². The largest absolute Gasteiger partial charge is 0.305 e. The Kier molecular flexibility index (Phi) is 5.17. The fraction of sp³-hybridized carbons (Fsp3) is 0.611. The average molecular weight is 288 g/mol. The highest BCUT2D eigenvalue weighted by molar-refractivity contribution is 6.00. The molecule has 0 aliphatic carbocycles. The lowest BCUT2D eigenvalue weighted by Gasteiger charge is -2.39. The molecule has 0 radical (unpaired) electrons. The Morgan fingerprint density at radius 2 is 1.95 bits per heavy atom. The first kappa shape index (κ1) is 16.2. The second kappa shape index (κ2) is 6.71. The molecule has 3 nitrogen and oxygen atoms in total. The SMILES string of the molecule is CN(C)C1CCCN(CC(C)(C)C(=O)c2ccccc2)C1. The van der Waals surface area contributed by atoms with Crippen LogP contribution in [0, 0.1) is 5.41 Å². The maximum absolute atomic E-state index is 12.7. The van der Waals surface area contributed by atoms with Crippen molar-refractivity contribution in [2.45, 2.75) is 32.7 Å². The zero-order valence-electron chi connectivity index (χ0n) is 13.8. The number of benzene rings is 1. The van der Waals surface area contributed by atoms with E-state index < -0.39 is 0 Å². The topological polar surface area (TPSA) is 23.6 Å².